The van der Waals surface area contributed by atoms with E-state index in [4.69, 9.17) is 17.3 Å². The Hall–Kier alpha value is -2.77. The molecule has 1 aromatic heterocycles. The van der Waals surface area contributed by atoms with Gasteiger partial charge in [0.15, 0.2) is 5.82 Å². The maximum Gasteiger partial charge on any atom is 0.406 e. The average Bonchev–Trinajstić information content (AvgIpc) is 3.41. The molecule has 2 aromatic rings. The molecule has 1 heterocycles. The summed E-state index contributed by atoms with van der Waals surface area (Å²) in [7, 11) is 0. The number of amides is 1. The van der Waals surface area contributed by atoms with Crippen LogP contribution in [0.15, 0.2) is 30.5 Å². The Morgan fingerprint density at radius 3 is 2.53 bits per heavy atom. The first kappa shape index (κ1) is 22.4. The lowest BCUT2D eigenvalue weighted by atomic mass is 9.82. The summed E-state index contributed by atoms with van der Waals surface area (Å²) >= 11 is 5.89. The maximum atomic E-state index is 13.3. The minimum atomic E-state index is -4.30. The number of benzene rings is 1. The van der Waals surface area contributed by atoms with E-state index in [0.29, 0.717) is 23.6 Å². The summed E-state index contributed by atoms with van der Waals surface area (Å²) < 4.78 is 41.4. The molecule has 2 saturated carbocycles. The fourth-order valence-electron chi connectivity index (χ4n) is 4.27. The summed E-state index contributed by atoms with van der Waals surface area (Å²) in [5.41, 5.74) is 4.50. The topological polar surface area (TPSA) is 109 Å². The highest BCUT2D eigenvalue weighted by atomic mass is 35.5. The molecule has 0 radical (unpaired) electrons. The van der Waals surface area contributed by atoms with Crippen molar-refractivity contribution < 1.29 is 18.0 Å². The number of anilines is 2. The van der Waals surface area contributed by atoms with Crippen LogP contribution in [0.4, 0.5) is 24.7 Å². The van der Waals surface area contributed by atoms with Crippen LogP contribution in [0, 0.1) is 17.2 Å². The van der Waals surface area contributed by atoms with E-state index < -0.39 is 29.6 Å². The molecule has 32 heavy (non-hydrogen) atoms. The highest BCUT2D eigenvalue weighted by Crippen LogP contribution is 2.50. The van der Waals surface area contributed by atoms with Crippen molar-refractivity contribution in [3.05, 3.63) is 41.0 Å². The Kier molecular flexibility index (Phi) is 5.81. The predicted molar refractivity (Wildman–Crippen MR) is 112 cm³/mol. The van der Waals surface area contributed by atoms with Gasteiger partial charge < -0.3 is 16.4 Å². The number of hydrogen-bond donors (Lipinski definition) is 3. The van der Waals surface area contributed by atoms with Crippen molar-refractivity contribution in [3.8, 4) is 6.07 Å². The predicted octanol–water partition coefficient (Wildman–Crippen LogP) is 4.30. The third-order valence-electron chi connectivity index (χ3n) is 6.20. The van der Waals surface area contributed by atoms with Gasteiger partial charge >= 0.3 is 6.18 Å². The summed E-state index contributed by atoms with van der Waals surface area (Å²) in [6.07, 6.45) is -1.50. The normalized spacial score (nSPS) is 24.5. The van der Waals surface area contributed by atoms with Crippen molar-refractivity contribution in [3.63, 3.8) is 0 Å². The number of nitrogens with one attached hydrogen (secondary N) is 2. The SMILES string of the molecule is N#C[C@H]1C[C@@H](NC2(C(F)(F)F)CC2)CC[C@@H]1n1cc(C(N)=O)c(Nc2ccc(Cl)cc2)n1. The van der Waals surface area contributed by atoms with Gasteiger partial charge in [-0.15, -0.1) is 0 Å². The van der Waals surface area contributed by atoms with Gasteiger partial charge in [-0.3, -0.25) is 9.48 Å². The molecule has 11 heteroatoms. The molecule has 1 aromatic carbocycles. The first-order valence-electron chi connectivity index (χ1n) is 10.3. The van der Waals surface area contributed by atoms with Crippen LogP contribution in [-0.4, -0.2) is 33.4 Å². The van der Waals surface area contributed by atoms with Crippen LogP contribution in [0.5, 0.6) is 0 Å². The summed E-state index contributed by atoms with van der Waals surface area (Å²) in [5, 5.41) is 20.5. The molecular weight excluding hydrogens is 445 g/mol. The van der Waals surface area contributed by atoms with Crippen molar-refractivity contribution in [2.45, 2.75) is 55.9 Å². The molecule has 0 saturated heterocycles. The molecule has 4 rings (SSSR count). The van der Waals surface area contributed by atoms with E-state index in [1.807, 2.05) is 0 Å². The number of alkyl halides is 3. The monoisotopic (exact) mass is 466 g/mol. The van der Waals surface area contributed by atoms with E-state index in [0.717, 1.165) is 0 Å². The Balaban J connectivity index is 1.51. The van der Waals surface area contributed by atoms with E-state index in [2.05, 4.69) is 21.8 Å². The van der Waals surface area contributed by atoms with Crippen LogP contribution < -0.4 is 16.4 Å². The van der Waals surface area contributed by atoms with E-state index in [-0.39, 0.29) is 36.7 Å². The minimum absolute atomic E-state index is 0.0640. The maximum absolute atomic E-state index is 13.3. The second-order valence-corrected chi connectivity index (χ2v) is 8.84. The minimum Gasteiger partial charge on any atom is -0.365 e. The molecular formula is C21H22ClF3N6O. The molecule has 2 fully saturated rings. The van der Waals surface area contributed by atoms with E-state index in [1.165, 1.54) is 10.9 Å². The molecule has 1 amide bonds. The Morgan fingerprint density at radius 1 is 1.28 bits per heavy atom. The van der Waals surface area contributed by atoms with Gasteiger partial charge in [-0.25, -0.2) is 0 Å². The van der Waals surface area contributed by atoms with Gasteiger partial charge in [0.25, 0.3) is 5.91 Å². The van der Waals surface area contributed by atoms with Crippen molar-refractivity contribution in [1.82, 2.24) is 15.1 Å². The number of nitrogens with two attached hydrogens (primary N) is 1. The lowest BCUT2D eigenvalue weighted by molar-refractivity contribution is -0.168. The lowest BCUT2D eigenvalue weighted by Gasteiger charge is -2.35. The summed E-state index contributed by atoms with van der Waals surface area (Å²) in [4.78, 5) is 11.9. The number of nitriles is 1. The number of carbonyl (C=O) groups is 1. The van der Waals surface area contributed by atoms with Crippen LogP contribution in [0.25, 0.3) is 0 Å². The van der Waals surface area contributed by atoms with Crippen molar-refractivity contribution >= 4 is 29.0 Å². The number of hydrogen-bond acceptors (Lipinski definition) is 5. The van der Waals surface area contributed by atoms with Gasteiger partial charge in [0.2, 0.25) is 0 Å². The first-order chi connectivity index (χ1) is 15.1. The zero-order chi connectivity index (χ0) is 23.1. The van der Waals surface area contributed by atoms with E-state index in [9.17, 15) is 23.2 Å². The Morgan fingerprint density at radius 2 is 1.97 bits per heavy atom. The molecule has 2 aliphatic rings. The molecule has 0 unspecified atom stereocenters. The van der Waals surface area contributed by atoms with E-state index in [1.54, 1.807) is 24.3 Å². The number of primary amides is 1. The lowest BCUT2D eigenvalue weighted by Crippen LogP contribution is -2.51. The smallest absolute Gasteiger partial charge is 0.365 e. The van der Waals surface area contributed by atoms with Crippen LogP contribution >= 0.6 is 11.6 Å². The first-order valence-corrected chi connectivity index (χ1v) is 10.7. The fraction of sp³-hybridized carbons (Fsp3) is 0.476. The van der Waals surface area contributed by atoms with Crippen molar-refractivity contribution in [2.24, 2.45) is 11.7 Å². The number of aromatic nitrogens is 2. The molecule has 3 atom stereocenters. The molecule has 0 bridgehead atoms. The van der Waals surface area contributed by atoms with Gasteiger partial charge in [0, 0.05) is 22.9 Å². The zero-order valence-electron chi connectivity index (χ0n) is 17.0. The average molecular weight is 467 g/mol. The fourth-order valence-corrected chi connectivity index (χ4v) is 4.40. The molecule has 170 valence electrons. The van der Waals surface area contributed by atoms with Gasteiger partial charge in [0.05, 0.1) is 18.0 Å². The summed E-state index contributed by atoms with van der Waals surface area (Å²) in [6.45, 7) is 0. The van der Waals surface area contributed by atoms with Gasteiger partial charge in [0.1, 0.15) is 11.1 Å². The van der Waals surface area contributed by atoms with Crippen LogP contribution in [0.2, 0.25) is 5.02 Å². The molecule has 0 spiro atoms. The van der Waals surface area contributed by atoms with Crippen LogP contribution in [0.1, 0.15) is 48.5 Å². The molecule has 0 aliphatic heterocycles. The second kappa shape index (κ2) is 8.30. The third kappa shape index (κ3) is 4.40. The molecule has 4 N–H and O–H groups in total. The van der Waals surface area contributed by atoms with Gasteiger partial charge in [-0.05, 0) is 56.4 Å². The van der Waals surface area contributed by atoms with Gasteiger partial charge in [-0.2, -0.15) is 23.5 Å². The Bertz CT molecular complexity index is 1040. The van der Waals surface area contributed by atoms with Crippen molar-refractivity contribution in [1.29, 1.82) is 5.26 Å². The molecule has 7 nitrogen and oxygen atoms in total. The zero-order valence-corrected chi connectivity index (χ0v) is 17.7. The number of carbonyl (C=O) groups excluding carboxylic acids is 1. The largest absolute Gasteiger partial charge is 0.406 e. The molecule has 2 aliphatic carbocycles. The quantitative estimate of drug-likeness (QED) is 0.588. The number of nitrogens with zero attached hydrogens (tertiary/aromatic N) is 3. The third-order valence-corrected chi connectivity index (χ3v) is 6.45. The number of rotatable bonds is 6. The van der Waals surface area contributed by atoms with Crippen LogP contribution in [-0.2, 0) is 0 Å². The Labute approximate surface area is 187 Å². The number of halogens is 4. The summed E-state index contributed by atoms with van der Waals surface area (Å²) in [5.74, 6) is -1.00. The second-order valence-electron chi connectivity index (χ2n) is 8.40. The standard InChI is InChI=1S/C21H22ClF3N6O/c22-13-1-3-14(4-2-13)28-19-16(18(27)32)11-31(30-19)17-6-5-15(9-12(17)10-26)29-20(7-8-20)21(23,24)25/h1-4,11-12,15,17,29H,5-9H2,(H2,27,32)(H,28,30)/t12-,15+,17+/m1/s1. The van der Waals surface area contributed by atoms with Crippen LogP contribution in [0.3, 0.4) is 0 Å². The highest BCUT2D eigenvalue weighted by molar-refractivity contribution is 6.30. The highest BCUT2D eigenvalue weighted by Gasteiger charge is 2.64. The van der Waals surface area contributed by atoms with E-state index >= 15 is 0 Å². The van der Waals surface area contributed by atoms with Gasteiger partial charge in [-0.1, -0.05) is 11.6 Å². The summed E-state index contributed by atoms with van der Waals surface area (Å²) in [6, 6.07) is 8.22. The van der Waals surface area contributed by atoms with Crippen molar-refractivity contribution in [2.75, 3.05) is 5.32 Å².